The van der Waals surface area contributed by atoms with Crippen LogP contribution >= 0.6 is 0 Å². The molecule has 1 N–H and O–H groups in total. The van der Waals surface area contributed by atoms with Crippen LogP contribution in [0.25, 0.3) is 5.76 Å². The van der Waals surface area contributed by atoms with Gasteiger partial charge in [-0.1, -0.05) is 12.1 Å². The molecule has 2 heterocycles. The van der Waals surface area contributed by atoms with Gasteiger partial charge in [-0.3, -0.25) is 19.5 Å². The fraction of sp³-hybridized carbons (Fsp3) is 0.192. The number of carbonyl (C=O) groups excluding carboxylic acids is 2. The summed E-state index contributed by atoms with van der Waals surface area (Å²) >= 11 is 0. The second kappa shape index (κ2) is 9.43. The third-order valence-electron chi connectivity index (χ3n) is 5.90. The molecule has 1 fully saturated rings. The number of rotatable bonds is 6. The Morgan fingerprint density at radius 1 is 1.00 bits per heavy atom. The van der Waals surface area contributed by atoms with Crippen LogP contribution in [0.3, 0.4) is 0 Å². The van der Waals surface area contributed by atoms with Crippen LogP contribution in [-0.2, 0) is 9.59 Å². The summed E-state index contributed by atoms with van der Waals surface area (Å²) in [5, 5.41) is 11.0. The minimum atomic E-state index is -1.11. The van der Waals surface area contributed by atoms with Crippen molar-refractivity contribution in [2.24, 2.45) is 0 Å². The van der Waals surface area contributed by atoms with E-state index in [0.717, 1.165) is 35.8 Å². The van der Waals surface area contributed by atoms with Gasteiger partial charge >= 0.3 is 0 Å². The second-order valence-corrected chi connectivity index (χ2v) is 7.76. The number of halogens is 2. The monoisotopic (exact) mass is 463 g/mol. The molecule has 1 unspecified atom stereocenters. The molecule has 0 saturated carbocycles. The Balaban J connectivity index is 1.91. The third-order valence-corrected chi connectivity index (χ3v) is 5.90. The zero-order valence-electron chi connectivity index (χ0n) is 18.7. The van der Waals surface area contributed by atoms with Gasteiger partial charge in [0.1, 0.15) is 17.4 Å². The zero-order chi connectivity index (χ0) is 24.4. The predicted molar refractivity (Wildman–Crippen MR) is 125 cm³/mol. The average Bonchev–Trinajstić information content (AvgIpc) is 3.11. The Labute approximate surface area is 195 Å². The highest BCUT2D eigenvalue weighted by atomic mass is 19.1. The van der Waals surface area contributed by atoms with Gasteiger partial charge in [0.2, 0.25) is 0 Å². The number of hydrogen-bond acceptors (Lipinski definition) is 5. The highest BCUT2D eigenvalue weighted by Gasteiger charge is 2.47. The first-order valence-corrected chi connectivity index (χ1v) is 10.9. The number of pyridine rings is 1. The molecule has 34 heavy (non-hydrogen) atoms. The van der Waals surface area contributed by atoms with Crippen LogP contribution in [-0.4, -0.2) is 34.9 Å². The Bertz CT molecular complexity index is 1260. The Morgan fingerprint density at radius 2 is 1.65 bits per heavy atom. The molecule has 1 aromatic heterocycles. The maximum absolute atomic E-state index is 14.8. The normalized spacial score (nSPS) is 17.3. The van der Waals surface area contributed by atoms with Crippen LogP contribution in [0.2, 0.25) is 0 Å². The summed E-state index contributed by atoms with van der Waals surface area (Å²) in [4.78, 5) is 33.2. The van der Waals surface area contributed by atoms with E-state index in [2.05, 4.69) is 9.88 Å². The van der Waals surface area contributed by atoms with Crippen LogP contribution < -0.4 is 9.80 Å². The molecule has 6 nitrogen and oxygen atoms in total. The van der Waals surface area contributed by atoms with Crippen LogP contribution in [0.15, 0.2) is 72.6 Å². The van der Waals surface area contributed by atoms with Crippen molar-refractivity contribution in [1.29, 1.82) is 0 Å². The van der Waals surface area contributed by atoms with Gasteiger partial charge in [0.15, 0.2) is 0 Å². The van der Waals surface area contributed by atoms with Gasteiger partial charge in [0.05, 0.1) is 17.3 Å². The molecule has 3 aromatic rings. The molecule has 1 atom stereocenters. The number of ketones is 1. The van der Waals surface area contributed by atoms with E-state index in [1.807, 2.05) is 26.0 Å². The van der Waals surface area contributed by atoms with Gasteiger partial charge in [-0.05, 0) is 55.8 Å². The maximum atomic E-state index is 14.8. The van der Waals surface area contributed by atoms with Crippen LogP contribution in [0.5, 0.6) is 0 Å². The van der Waals surface area contributed by atoms with E-state index in [9.17, 15) is 23.5 Å². The zero-order valence-corrected chi connectivity index (χ0v) is 18.7. The molecular weight excluding hydrogens is 440 g/mol. The van der Waals surface area contributed by atoms with Crippen molar-refractivity contribution in [3.05, 3.63) is 95.3 Å². The summed E-state index contributed by atoms with van der Waals surface area (Å²) in [5.74, 6) is -4.18. The number of nitrogens with zero attached hydrogens (tertiary/aromatic N) is 3. The van der Waals surface area contributed by atoms with Crippen molar-refractivity contribution >= 4 is 28.8 Å². The molecule has 0 spiro atoms. The van der Waals surface area contributed by atoms with Gasteiger partial charge in [-0.15, -0.1) is 0 Å². The number of Topliss-reactive ketones (excluding diaryl/α,β-unsaturated/α-hetero) is 1. The van der Waals surface area contributed by atoms with E-state index in [4.69, 9.17) is 0 Å². The van der Waals surface area contributed by atoms with Gasteiger partial charge in [-0.25, -0.2) is 8.78 Å². The lowest BCUT2D eigenvalue weighted by atomic mass is 9.95. The number of amides is 1. The van der Waals surface area contributed by atoms with E-state index in [1.54, 1.807) is 12.1 Å². The van der Waals surface area contributed by atoms with Gasteiger partial charge in [-0.2, -0.15) is 0 Å². The summed E-state index contributed by atoms with van der Waals surface area (Å²) in [6.07, 6.45) is 2.89. The Kier molecular flexibility index (Phi) is 6.40. The molecule has 2 aromatic carbocycles. The lowest BCUT2D eigenvalue weighted by Crippen LogP contribution is -2.30. The minimum Gasteiger partial charge on any atom is -0.507 e. The van der Waals surface area contributed by atoms with Gasteiger partial charge in [0, 0.05) is 42.8 Å². The summed E-state index contributed by atoms with van der Waals surface area (Å²) in [6, 6.07) is 11.8. The second-order valence-electron chi connectivity index (χ2n) is 7.76. The molecule has 1 amide bonds. The SMILES string of the molecule is CCN(CC)c1ccc(C2/C(=C(\O)c3ccncc3)C(=O)C(=O)N2c2ccc(F)cc2F)cc1. The average molecular weight is 463 g/mol. The maximum Gasteiger partial charge on any atom is 0.300 e. The van der Waals surface area contributed by atoms with Crippen molar-refractivity contribution in [3.63, 3.8) is 0 Å². The summed E-state index contributed by atoms with van der Waals surface area (Å²) in [5.41, 5.74) is 1.28. The van der Waals surface area contributed by atoms with Crippen molar-refractivity contribution in [2.75, 3.05) is 22.9 Å². The number of aliphatic hydroxyl groups is 1. The predicted octanol–water partition coefficient (Wildman–Crippen LogP) is 4.83. The molecule has 4 rings (SSSR count). The van der Waals surface area contributed by atoms with Crippen LogP contribution in [0, 0.1) is 11.6 Å². The summed E-state index contributed by atoms with van der Waals surface area (Å²) in [7, 11) is 0. The van der Waals surface area contributed by atoms with Crippen molar-refractivity contribution in [3.8, 4) is 0 Å². The van der Waals surface area contributed by atoms with Crippen LogP contribution in [0.1, 0.15) is 31.0 Å². The van der Waals surface area contributed by atoms with Gasteiger partial charge < -0.3 is 10.0 Å². The first kappa shape index (κ1) is 23.1. The quantitative estimate of drug-likeness (QED) is 0.322. The number of hydrogen-bond donors (Lipinski definition) is 1. The number of anilines is 2. The fourth-order valence-corrected chi connectivity index (χ4v) is 4.19. The van der Waals surface area contributed by atoms with E-state index in [0.29, 0.717) is 11.6 Å². The largest absolute Gasteiger partial charge is 0.507 e. The Hall–Kier alpha value is -4.07. The van der Waals surface area contributed by atoms with Gasteiger partial charge in [0.25, 0.3) is 11.7 Å². The first-order chi connectivity index (χ1) is 16.4. The topological polar surface area (TPSA) is 73.7 Å². The highest BCUT2D eigenvalue weighted by Crippen LogP contribution is 2.43. The lowest BCUT2D eigenvalue weighted by Gasteiger charge is -2.27. The standard InChI is InChI=1S/C26H23F2N3O3/c1-3-30(4-2)19-8-5-16(6-9-19)23-22(24(32)17-11-13-29-14-12-17)25(33)26(34)31(23)21-10-7-18(27)15-20(21)28/h5-15,23,32H,3-4H2,1-2H3/b24-22+. The van der Waals surface area contributed by atoms with E-state index < -0.39 is 35.1 Å². The van der Waals surface area contributed by atoms with Crippen LogP contribution in [0.4, 0.5) is 20.2 Å². The molecule has 1 aliphatic heterocycles. The number of aliphatic hydroxyl groups excluding tert-OH is 1. The molecule has 0 bridgehead atoms. The highest BCUT2D eigenvalue weighted by molar-refractivity contribution is 6.51. The Morgan fingerprint density at radius 3 is 2.24 bits per heavy atom. The number of carbonyl (C=O) groups is 2. The smallest absolute Gasteiger partial charge is 0.300 e. The molecule has 8 heteroatoms. The molecule has 1 aliphatic rings. The van der Waals surface area contributed by atoms with Crippen molar-refractivity contribution in [1.82, 2.24) is 4.98 Å². The molecule has 0 radical (unpaired) electrons. The molecular formula is C26H23F2N3O3. The van der Waals surface area contributed by atoms with E-state index >= 15 is 0 Å². The summed E-state index contributed by atoms with van der Waals surface area (Å²) < 4.78 is 28.3. The third kappa shape index (κ3) is 4.03. The van der Waals surface area contributed by atoms with E-state index in [1.165, 1.54) is 24.5 Å². The molecule has 174 valence electrons. The lowest BCUT2D eigenvalue weighted by molar-refractivity contribution is -0.132. The number of aromatic nitrogens is 1. The molecule has 1 saturated heterocycles. The van der Waals surface area contributed by atoms with Crippen molar-refractivity contribution < 1.29 is 23.5 Å². The first-order valence-electron chi connectivity index (χ1n) is 10.9. The minimum absolute atomic E-state index is 0.185. The molecule has 0 aliphatic carbocycles. The summed E-state index contributed by atoms with van der Waals surface area (Å²) in [6.45, 7) is 5.63. The fourth-order valence-electron chi connectivity index (χ4n) is 4.19. The van der Waals surface area contributed by atoms with Crippen molar-refractivity contribution in [2.45, 2.75) is 19.9 Å². The number of benzene rings is 2. The van der Waals surface area contributed by atoms with E-state index in [-0.39, 0.29) is 16.8 Å².